The molecule has 0 rings (SSSR count). The molecule has 0 amide bonds. The Balaban J connectivity index is 4.09. The molecule has 0 N–H and O–H groups in total. The molecule has 432 valence electrons. The van der Waals surface area contributed by atoms with E-state index in [-0.39, 0.29) is 31.1 Å². The smallest absolute Gasteiger partial charge is 0.306 e. The Morgan fingerprint density at radius 2 is 0.514 bits per heavy atom. The lowest BCUT2D eigenvalue weighted by atomic mass is 10.0. The van der Waals surface area contributed by atoms with Gasteiger partial charge in [0.1, 0.15) is 13.2 Å². The summed E-state index contributed by atoms with van der Waals surface area (Å²) in [5.41, 5.74) is 0. The van der Waals surface area contributed by atoms with Crippen molar-refractivity contribution in [2.45, 2.75) is 354 Å². The third-order valence-corrected chi connectivity index (χ3v) is 14.5. The number of unbranched alkanes of at least 4 members (excludes halogenated alkanes) is 41. The van der Waals surface area contributed by atoms with E-state index in [0.717, 1.165) is 83.5 Å². The maximum absolute atomic E-state index is 12.9. The maximum Gasteiger partial charge on any atom is 0.306 e. The molecule has 0 fully saturated rings. The van der Waals surface area contributed by atoms with Crippen LogP contribution >= 0.6 is 0 Å². The monoisotopic (exact) mass is 1040 g/mol. The van der Waals surface area contributed by atoms with Crippen molar-refractivity contribution in [1.29, 1.82) is 0 Å². The summed E-state index contributed by atoms with van der Waals surface area (Å²) in [5, 5.41) is 0. The molecule has 0 aliphatic rings. The number of hydrogen-bond acceptors (Lipinski definition) is 6. The second kappa shape index (κ2) is 62.9. The van der Waals surface area contributed by atoms with E-state index in [1.165, 1.54) is 225 Å². The Morgan fingerprint density at radius 3 is 0.824 bits per heavy atom. The fourth-order valence-corrected chi connectivity index (χ4v) is 9.63. The van der Waals surface area contributed by atoms with Gasteiger partial charge in [-0.2, -0.15) is 0 Å². The van der Waals surface area contributed by atoms with E-state index in [0.29, 0.717) is 19.3 Å². The van der Waals surface area contributed by atoms with Crippen LogP contribution in [0.1, 0.15) is 348 Å². The topological polar surface area (TPSA) is 78.9 Å². The van der Waals surface area contributed by atoms with E-state index < -0.39 is 6.10 Å². The van der Waals surface area contributed by atoms with Gasteiger partial charge in [-0.1, -0.05) is 301 Å². The molecule has 0 radical (unpaired) electrons. The van der Waals surface area contributed by atoms with E-state index in [2.05, 4.69) is 69.4 Å². The van der Waals surface area contributed by atoms with E-state index in [4.69, 9.17) is 14.2 Å². The first-order chi connectivity index (χ1) is 36.5. The number of carbonyl (C=O) groups excluding carboxylic acids is 3. The molecule has 74 heavy (non-hydrogen) atoms. The minimum absolute atomic E-state index is 0.0712. The van der Waals surface area contributed by atoms with Crippen LogP contribution in [0, 0.1) is 0 Å². The standard InChI is InChI=1S/C68H124O6/c1-4-7-10-13-16-19-22-24-26-27-28-29-30-31-32-33-34-35-36-37-38-39-40-41-43-44-46-49-52-55-58-61-67(70)73-64-65(63-72-66(69)60-57-54-51-48-21-18-15-12-9-6-3)74-68(71)62-59-56-53-50-47-45-42-25-23-20-17-14-11-8-5-2/h12,15,22,24,27-28,30-31,65H,4-11,13-14,16-21,23,25-26,29,32-64H2,1-3H3/b15-12-,24-22-,28-27-,31-30-. The predicted octanol–water partition coefficient (Wildman–Crippen LogP) is 22.2. The van der Waals surface area contributed by atoms with Crippen molar-refractivity contribution in [2.75, 3.05) is 13.2 Å². The van der Waals surface area contributed by atoms with Gasteiger partial charge in [-0.3, -0.25) is 14.4 Å². The molecule has 1 atom stereocenters. The summed E-state index contributed by atoms with van der Waals surface area (Å²) in [7, 11) is 0. The molecular formula is C68H124O6. The summed E-state index contributed by atoms with van der Waals surface area (Å²) in [4.78, 5) is 38.2. The van der Waals surface area contributed by atoms with Gasteiger partial charge in [-0.25, -0.2) is 0 Å². The molecular weight excluding hydrogens is 913 g/mol. The van der Waals surface area contributed by atoms with Crippen LogP contribution < -0.4 is 0 Å². The summed E-state index contributed by atoms with van der Waals surface area (Å²) >= 11 is 0. The Bertz CT molecular complexity index is 1280. The fraction of sp³-hybridized carbons (Fsp3) is 0.838. The van der Waals surface area contributed by atoms with E-state index in [1.807, 2.05) is 0 Å². The highest BCUT2D eigenvalue weighted by Gasteiger charge is 2.19. The number of ether oxygens (including phenoxy) is 3. The second-order valence-corrected chi connectivity index (χ2v) is 22.0. The number of hydrogen-bond donors (Lipinski definition) is 0. The largest absolute Gasteiger partial charge is 0.462 e. The van der Waals surface area contributed by atoms with E-state index >= 15 is 0 Å². The van der Waals surface area contributed by atoms with Gasteiger partial charge in [-0.05, 0) is 77.0 Å². The number of allylic oxidation sites excluding steroid dienone is 8. The first-order valence-electron chi connectivity index (χ1n) is 32.6. The van der Waals surface area contributed by atoms with Crippen molar-refractivity contribution in [3.63, 3.8) is 0 Å². The molecule has 0 aromatic carbocycles. The molecule has 0 aliphatic carbocycles. The van der Waals surface area contributed by atoms with Gasteiger partial charge in [0.2, 0.25) is 0 Å². The lowest BCUT2D eigenvalue weighted by molar-refractivity contribution is -0.167. The Hall–Kier alpha value is -2.63. The maximum atomic E-state index is 12.9. The number of carbonyl (C=O) groups is 3. The molecule has 0 saturated heterocycles. The van der Waals surface area contributed by atoms with Crippen LogP contribution in [-0.4, -0.2) is 37.2 Å². The zero-order chi connectivity index (χ0) is 53.6. The summed E-state index contributed by atoms with van der Waals surface area (Å²) in [6.07, 6.45) is 78.6. The van der Waals surface area contributed by atoms with E-state index in [9.17, 15) is 14.4 Å². The average Bonchev–Trinajstić information content (AvgIpc) is 3.40. The fourth-order valence-electron chi connectivity index (χ4n) is 9.63. The Labute approximate surface area is 460 Å². The molecule has 0 aliphatic heterocycles. The van der Waals surface area contributed by atoms with Crippen molar-refractivity contribution in [3.8, 4) is 0 Å². The van der Waals surface area contributed by atoms with Gasteiger partial charge >= 0.3 is 17.9 Å². The summed E-state index contributed by atoms with van der Waals surface area (Å²) in [5.74, 6) is -0.863. The molecule has 0 aromatic heterocycles. The average molecular weight is 1040 g/mol. The van der Waals surface area contributed by atoms with Gasteiger partial charge in [0.05, 0.1) is 0 Å². The Kier molecular flexibility index (Phi) is 60.7. The molecule has 0 spiro atoms. The first-order valence-corrected chi connectivity index (χ1v) is 32.6. The molecule has 0 heterocycles. The molecule has 0 aromatic rings. The molecule has 0 saturated carbocycles. The number of rotatable bonds is 60. The van der Waals surface area contributed by atoms with E-state index in [1.54, 1.807) is 0 Å². The van der Waals surface area contributed by atoms with Crippen molar-refractivity contribution in [3.05, 3.63) is 48.6 Å². The molecule has 0 bridgehead atoms. The van der Waals surface area contributed by atoms with Crippen LogP contribution in [0.4, 0.5) is 0 Å². The van der Waals surface area contributed by atoms with Crippen LogP contribution in [0.2, 0.25) is 0 Å². The lowest BCUT2D eigenvalue weighted by Crippen LogP contribution is -2.30. The van der Waals surface area contributed by atoms with Gasteiger partial charge < -0.3 is 14.2 Å². The lowest BCUT2D eigenvalue weighted by Gasteiger charge is -2.18. The highest BCUT2D eigenvalue weighted by Crippen LogP contribution is 2.17. The summed E-state index contributed by atoms with van der Waals surface area (Å²) < 4.78 is 16.9. The highest BCUT2D eigenvalue weighted by molar-refractivity contribution is 5.71. The molecule has 6 nitrogen and oxygen atoms in total. The van der Waals surface area contributed by atoms with Crippen LogP contribution in [0.25, 0.3) is 0 Å². The minimum atomic E-state index is -0.772. The third kappa shape index (κ3) is 60.2. The van der Waals surface area contributed by atoms with Crippen LogP contribution in [0.5, 0.6) is 0 Å². The highest BCUT2D eigenvalue weighted by atomic mass is 16.6. The van der Waals surface area contributed by atoms with Crippen molar-refractivity contribution >= 4 is 17.9 Å². The van der Waals surface area contributed by atoms with Gasteiger partial charge in [0, 0.05) is 19.3 Å². The van der Waals surface area contributed by atoms with Gasteiger partial charge in [-0.15, -0.1) is 0 Å². The predicted molar refractivity (Wildman–Crippen MR) is 321 cm³/mol. The normalized spacial score (nSPS) is 12.3. The summed E-state index contributed by atoms with van der Waals surface area (Å²) in [6.45, 7) is 6.61. The van der Waals surface area contributed by atoms with Crippen LogP contribution in [0.3, 0.4) is 0 Å². The van der Waals surface area contributed by atoms with Crippen LogP contribution in [-0.2, 0) is 28.6 Å². The minimum Gasteiger partial charge on any atom is -0.462 e. The van der Waals surface area contributed by atoms with Gasteiger partial charge in [0.15, 0.2) is 6.10 Å². The zero-order valence-corrected chi connectivity index (χ0v) is 49.6. The van der Waals surface area contributed by atoms with Crippen molar-refractivity contribution < 1.29 is 28.6 Å². The second-order valence-electron chi connectivity index (χ2n) is 22.0. The molecule has 1 unspecified atom stereocenters. The summed E-state index contributed by atoms with van der Waals surface area (Å²) in [6, 6.07) is 0. The van der Waals surface area contributed by atoms with Crippen molar-refractivity contribution in [2.24, 2.45) is 0 Å². The zero-order valence-electron chi connectivity index (χ0n) is 49.6. The Morgan fingerprint density at radius 1 is 0.270 bits per heavy atom. The third-order valence-electron chi connectivity index (χ3n) is 14.5. The van der Waals surface area contributed by atoms with Crippen molar-refractivity contribution in [1.82, 2.24) is 0 Å². The number of esters is 3. The van der Waals surface area contributed by atoms with Gasteiger partial charge in [0.25, 0.3) is 0 Å². The molecule has 6 heteroatoms. The first kappa shape index (κ1) is 71.4. The SMILES string of the molecule is CCC/C=C\CCCCCCCC(=O)OCC(COC(=O)CCCCCCCCCCCCCCCCCC/C=C\C/C=C\C/C=C\CCCCCCC)OC(=O)CCCCCCCCCCCCCCCCC. The quantitative estimate of drug-likeness (QED) is 0.0261. The van der Waals surface area contributed by atoms with Crippen LogP contribution in [0.15, 0.2) is 48.6 Å².